The number of carbonyl (C=O) groups is 2. The molecule has 4 rings (SSSR count). The Kier molecular flexibility index (Phi) is 8.62. The number of ether oxygens (including phenoxy) is 1. The Morgan fingerprint density at radius 1 is 1.16 bits per heavy atom. The Morgan fingerprint density at radius 2 is 1.84 bits per heavy atom. The third-order valence-corrected chi connectivity index (χ3v) is 7.50. The summed E-state index contributed by atoms with van der Waals surface area (Å²) in [5, 5.41) is 17.4. The van der Waals surface area contributed by atoms with Gasteiger partial charge >= 0.3 is 12.1 Å². The molecule has 1 fully saturated rings. The number of fused-ring (bicyclic) bond motifs is 1. The highest BCUT2D eigenvalue weighted by atomic mass is 35.5. The summed E-state index contributed by atoms with van der Waals surface area (Å²) in [5.41, 5.74) is 0.762. The van der Waals surface area contributed by atoms with Crippen LogP contribution in [0.4, 0.5) is 13.2 Å². The van der Waals surface area contributed by atoms with Crippen LogP contribution in [0.15, 0.2) is 42.6 Å². The minimum Gasteiger partial charge on any atom is -0.481 e. The quantitative estimate of drug-likeness (QED) is 0.351. The number of carboxylic acid groups (broad SMARTS) is 1. The van der Waals surface area contributed by atoms with Gasteiger partial charge in [0.25, 0.3) is 5.91 Å². The van der Waals surface area contributed by atoms with E-state index >= 15 is 0 Å². The minimum atomic E-state index is -4.42. The van der Waals surface area contributed by atoms with E-state index in [-0.39, 0.29) is 36.8 Å². The highest BCUT2D eigenvalue weighted by molar-refractivity contribution is 6.35. The molecule has 1 saturated carbocycles. The SMILES string of the molecule is COCC(NC(=O)c1ccc(Cl)c2c1cnn2Cc1ccc(C(F)(F)F)cc1)C1CCC(CC(=O)O)CC1. The van der Waals surface area contributed by atoms with Crippen LogP contribution in [0.25, 0.3) is 10.9 Å². The smallest absolute Gasteiger partial charge is 0.416 e. The van der Waals surface area contributed by atoms with Gasteiger partial charge in [-0.15, -0.1) is 0 Å². The van der Waals surface area contributed by atoms with E-state index in [1.165, 1.54) is 18.3 Å². The maximum atomic E-state index is 13.4. The number of methoxy groups -OCH3 is 1. The molecule has 2 N–H and O–H groups in total. The molecule has 1 heterocycles. The number of nitrogens with zero attached hydrogens (tertiary/aromatic N) is 2. The molecule has 1 aliphatic carbocycles. The molecule has 7 nitrogen and oxygen atoms in total. The van der Waals surface area contributed by atoms with Gasteiger partial charge < -0.3 is 15.2 Å². The molecule has 1 aromatic heterocycles. The zero-order valence-electron chi connectivity index (χ0n) is 20.8. The first-order valence-corrected chi connectivity index (χ1v) is 12.8. The van der Waals surface area contributed by atoms with Crippen molar-refractivity contribution in [3.05, 3.63) is 64.3 Å². The number of benzene rings is 2. The van der Waals surface area contributed by atoms with E-state index in [1.807, 2.05) is 0 Å². The van der Waals surface area contributed by atoms with Gasteiger partial charge in [0.2, 0.25) is 0 Å². The molecule has 0 aliphatic heterocycles. The van der Waals surface area contributed by atoms with E-state index in [4.69, 9.17) is 21.4 Å². The molecule has 0 saturated heterocycles. The number of nitrogens with one attached hydrogen (secondary N) is 1. The molecule has 1 unspecified atom stereocenters. The van der Waals surface area contributed by atoms with E-state index in [0.29, 0.717) is 33.7 Å². The van der Waals surface area contributed by atoms with Crippen molar-refractivity contribution in [1.29, 1.82) is 0 Å². The topological polar surface area (TPSA) is 93.5 Å². The number of aromatic nitrogens is 2. The van der Waals surface area contributed by atoms with Crippen LogP contribution in [-0.4, -0.2) is 46.5 Å². The summed E-state index contributed by atoms with van der Waals surface area (Å²) in [6.45, 7) is 0.502. The lowest BCUT2D eigenvalue weighted by Gasteiger charge is -2.33. The Labute approximate surface area is 222 Å². The van der Waals surface area contributed by atoms with Crippen LogP contribution >= 0.6 is 11.6 Å². The number of rotatable bonds is 9. The standard InChI is InChI=1S/C27H29ClF3N3O4/c1-38-15-23(18-6-2-16(3-7-18)12-24(35)36)33-26(37)20-10-11-22(28)25-21(20)13-32-34(25)14-17-4-8-19(9-5-17)27(29,30)31/h4-5,8-11,13,16,18,23H,2-3,6-7,12,14-15H2,1H3,(H,33,37)(H,35,36). The van der Waals surface area contributed by atoms with Gasteiger partial charge in [0.05, 0.1) is 47.1 Å². The normalized spacial score (nSPS) is 18.9. The monoisotopic (exact) mass is 551 g/mol. The molecule has 0 radical (unpaired) electrons. The van der Waals surface area contributed by atoms with Crippen molar-refractivity contribution in [2.24, 2.45) is 11.8 Å². The Morgan fingerprint density at radius 3 is 2.45 bits per heavy atom. The van der Waals surface area contributed by atoms with Crippen molar-refractivity contribution in [2.45, 2.75) is 50.9 Å². The van der Waals surface area contributed by atoms with Gasteiger partial charge in [0, 0.05) is 18.9 Å². The van der Waals surface area contributed by atoms with Crippen LogP contribution in [0.5, 0.6) is 0 Å². The molecular weight excluding hydrogens is 523 g/mol. The van der Waals surface area contributed by atoms with Gasteiger partial charge in [-0.2, -0.15) is 18.3 Å². The van der Waals surface area contributed by atoms with E-state index in [9.17, 15) is 22.8 Å². The number of halogens is 4. The van der Waals surface area contributed by atoms with E-state index in [2.05, 4.69) is 10.4 Å². The van der Waals surface area contributed by atoms with E-state index < -0.39 is 17.7 Å². The second kappa shape index (κ2) is 11.7. The van der Waals surface area contributed by atoms with Crippen molar-refractivity contribution in [2.75, 3.05) is 13.7 Å². The molecule has 0 spiro atoms. The molecule has 204 valence electrons. The molecule has 2 aromatic carbocycles. The molecular formula is C27H29ClF3N3O4. The second-order valence-electron chi connectivity index (χ2n) is 9.77. The lowest BCUT2D eigenvalue weighted by atomic mass is 9.77. The fourth-order valence-corrected chi connectivity index (χ4v) is 5.47. The summed E-state index contributed by atoms with van der Waals surface area (Å²) in [7, 11) is 1.57. The van der Waals surface area contributed by atoms with Gasteiger partial charge in [-0.1, -0.05) is 23.7 Å². The number of alkyl halides is 3. The van der Waals surface area contributed by atoms with Crippen molar-refractivity contribution in [3.8, 4) is 0 Å². The van der Waals surface area contributed by atoms with Crippen molar-refractivity contribution >= 4 is 34.4 Å². The second-order valence-corrected chi connectivity index (χ2v) is 10.2. The summed E-state index contributed by atoms with van der Waals surface area (Å²) in [5.74, 6) is -0.792. The fourth-order valence-electron chi connectivity index (χ4n) is 5.21. The highest BCUT2D eigenvalue weighted by Crippen LogP contribution is 2.34. The number of hydrogen-bond acceptors (Lipinski definition) is 4. The van der Waals surface area contributed by atoms with Gasteiger partial charge in [0.15, 0.2) is 0 Å². The molecule has 38 heavy (non-hydrogen) atoms. The van der Waals surface area contributed by atoms with Crippen LogP contribution in [0.3, 0.4) is 0 Å². The van der Waals surface area contributed by atoms with Gasteiger partial charge in [-0.25, -0.2) is 0 Å². The van der Waals surface area contributed by atoms with Crippen LogP contribution in [0, 0.1) is 11.8 Å². The molecule has 0 bridgehead atoms. The van der Waals surface area contributed by atoms with Crippen LogP contribution < -0.4 is 5.32 Å². The number of hydrogen-bond donors (Lipinski definition) is 2. The summed E-state index contributed by atoms with van der Waals surface area (Å²) in [6.07, 6.45) is 0.446. The zero-order chi connectivity index (χ0) is 27.4. The first kappa shape index (κ1) is 27.9. The number of carbonyl (C=O) groups excluding carboxylic acids is 1. The lowest BCUT2D eigenvalue weighted by Crippen LogP contribution is -2.44. The zero-order valence-corrected chi connectivity index (χ0v) is 21.6. The van der Waals surface area contributed by atoms with Crippen molar-refractivity contribution < 1.29 is 32.6 Å². The molecule has 1 atom stereocenters. The first-order valence-electron chi connectivity index (χ1n) is 12.4. The molecule has 3 aromatic rings. The molecule has 1 aliphatic rings. The van der Waals surface area contributed by atoms with Crippen LogP contribution in [0.1, 0.15) is 53.6 Å². The third-order valence-electron chi connectivity index (χ3n) is 7.20. The number of amides is 1. The Hall–Kier alpha value is -3.11. The lowest BCUT2D eigenvalue weighted by molar-refractivity contribution is -0.139. The summed E-state index contributed by atoms with van der Waals surface area (Å²) < 4.78 is 45.6. The maximum absolute atomic E-state index is 13.4. The Balaban J connectivity index is 1.51. The van der Waals surface area contributed by atoms with E-state index in [1.54, 1.807) is 23.9 Å². The van der Waals surface area contributed by atoms with Crippen LogP contribution in [-0.2, 0) is 22.3 Å². The molecule has 11 heteroatoms. The predicted octanol–water partition coefficient (Wildman–Crippen LogP) is 5.78. The summed E-state index contributed by atoms with van der Waals surface area (Å²) >= 11 is 6.46. The largest absolute Gasteiger partial charge is 0.481 e. The maximum Gasteiger partial charge on any atom is 0.416 e. The fraction of sp³-hybridized carbons (Fsp3) is 0.444. The van der Waals surface area contributed by atoms with Crippen molar-refractivity contribution in [1.82, 2.24) is 15.1 Å². The third kappa shape index (κ3) is 6.47. The van der Waals surface area contributed by atoms with Crippen molar-refractivity contribution in [3.63, 3.8) is 0 Å². The average Bonchev–Trinajstić information content (AvgIpc) is 3.28. The van der Waals surface area contributed by atoms with Gasteiger partial charge in [-0.3, -0.25) is 14.3 Å². The van der Waals surface area contributed by atoms with Gasteiger partial charge in [0.1, 0.15) is 0 Å². The average molecular weight is 552 g/mol. The number of carboxylic acids is 1. The minimum absolute atomic E-state index is 0.147. The summed E-state index contributed by atoms with van der Waals surface area (Å²) in [6, 6.07) is 7.80. The van der Waals surface area contributed by atoms with Crippen LogP contribution in [0.2, 0.25) is 5.02 Å². The molecule has 1 amide bonds. The van der Waals surface area contributed by atoms with E-state index in [0.717, 1.165) is 37.8 Å². The van der Waals surface area contributed by atoms with Gasteiger partial charge in [-0.05, 0) is 67.3 Å². The Bertz CT molecular complexity index is 1290. The number of aliphatic carboxylic acids is 1. The predicted molar refractivity (Wildman–Crippen MR) is 136 cm³/mol. The first-order chi connectivity index (χ1) is 18.1. The highest BCUT2D eigenvalue weighted by Gasteiger charge is 2.31. The summed E-state index contributed by atoms with van der Waals surface area (Å²) in [4.78, 5) is 24.4.